The zero-order chi connectivity index (χ0) is 15.9. The molecule has 0 aliphatic carbocycles. The number of hydrogen-bond donors (Lipinski definition) is 2. The Morgan fingerprint density at radius 3 is 2.96 bits per heavy atom. The van der Waals surface area contributed by atoms with Crippen LogP contribution in [0.3, 0.4) is 0 Å². The first-order valence-corrected chi connectivity index (χ1v) is 7.81. The number of nitrogens with zero attached hydrogens (tertiary/aromatic N) is 5. The second kappa shape index (κ2) is 7.80. The molecule has 8 heteroatoms. The predicted molar refractivity (Wildman–Crippen MR) is 84.7 cm³/mol. The van der Waals surface area contributed by atoms with Crippen molar-refractivity contribution in [2.24, 2.45) is 0 Å². The fourth-order valence-corrected chi connectivity index (χ4v) is 2.47. The number of amides is 1. The van der Waals surface area contributed by atoms with E-state index in [1.165, 1.54) is 0 Å². The maximum absolute atomic E-state index is 12.1. The van der Waals surface area contributed by atoms with E-state index in [1.54, 1.807) is 23.3 Å². The molecule has 1 aliphatic heterocycles. The lowest BCUT2D eigenvalue weighted by Crippen LogP contribution is -2.44. The molecule has 0 saturated carbocycles. The molecule has 1 aliphatic rings. The number of hydrogen-bond acceptors (Lipinski definition) is 6. The van der Waals surface area contributed by atoms with Crippen molar-refractivity contribution in [3.05, 3.63) is 42.0 Å². The van der Waals surface area contributed by atoms with E-state index in [1.807, 2.05) is 12.1 Å². The average Bonchev–Trinajstić information content (AvgIpc) is 3.09. The van der Waals surface area contributed by atoms with Crippen LogP contribution in [0.1, 0.15) is 16.1 Å². The van der Waals surface area contributed by atoms with Crippen molar-refractivity contribution >= 4 is 5.91 Å². The Kier molecular flexibility index (Phi) is 5.28. The highest BCUT2D eigenvalue weighted by Crippen LogP contribution is 1.99. The van der Waals surface area contributed by atoms with Gasteiger partial charge in [-0.1, -0.05) is 11.3 Å². The van der Waals surface area contributed by atoms with Gasteiger partial charge in [0.05, 0.1) is 12.7 Å². The van der Waals surface area contributed by atoms with Gasteiger partial charge in [-0.05, 0) is 11.6 Å². The quantitative estimate of drug-likeness (QED) is 0.748. The zero-order valence-corrected chi connectivity index (χ0v) is 13.0. The van der Waals surface area contributed by atoms with Crippen LogP contribution < -0.4 is 10.6 Å². The van der Waals surface area contributed by atoms with Crippen LogP contribution >= 0.6 is 0 Å². The second-order valence-electron chi connectivity index (χ2n) is 5.50. The minimum absolute atomic E-state index is 0.220. The van der Waals surface area contributed by atoms with Crippen LogP contribution in [0.4, 0.5) is 0 Å². The zero-order valence-electron chi connectivity index (χ0n) is 13.0. The average molecular weight is 315 g/mol. The van der Waals surface area contributed by atoms with E-state index < -0.39 is 0 Å². The molecular weight excluding hydrogens is 294 g/mol. The van der Waals surface area contributed by atoms with Crippen LogP contribution in [-0.2, 0) is 13.1 Å². The molecule has 1 amide bonds. The second-order valence-corrected chi connectivity index (χ2v) is 5.50. The molecule has 0 radical (unpaired) electrons. The number of carbonyl (C=O) groups is 1. The largest absolute Gasteiger partial charge is 0.346 e. The molecule has 0 spiro atoms. The van der Waals surface area contributed by atoms with Crippen molar-refractivity contribution in [1.82, 2.24) is 35.5 Å². The predicted octanol–water partition coefficient (Wildman–Crippen LogP) is -0.492. The topological polar surface area (TPSA) is 88.0 Å². The molecule has 8 nitrogen and oxygen atoms in total. The van der Waals surface area contributed by atoms with Gasteiger partial charge in [-0.25, -0.2) is 0 Å². The molecule has 1 fully saturated rings. The summed E-state index contributed by atoms with van der Waals surface area (Å²) in [5.74, 6) is -0.220. The van der Waals surface area contributed by atoms with Crippen molar-refractivity contribution in [1.29, 1.82) is 0 Å². The molecule has 0 aromatic carbocycles. The maximum Gasteiger partial charge on any atom is 0.273 e. The molecule has 2 N–H and O–H groups in total. The summed E-state index contributed by atoms with van der Waals surface area (Å²) in [7, 11) is 0. The number of pyridine rings is 1. The summed E-state index contributed by atoms with van der Waals surface area (Å²) in [6.07, 6.45) is 5.13. The van der Waals surface area contributed by atoms with Gasteiger partial charge in [-0.2, -0.15) is 0 Å². The SMILES string of the molecule is O=C(NCc1cccnc1)c1cn(CCN2CCNCC2)nn1. The molecule has 2 aromatic rings. The number of nitrogens with one attached hydrogen (secondary N) is 2. The fraction of sp³-hybridized carbons (Fsp3) is 0.467. The van der Waals surface area contributed by atoms with Crippen LogP contribution in [0.25, 0.3) is 0 Å². The Morgan fingerprint density at radius 1 is 1.30 bits per heavy atom. The first-order valence-electron chi connectivity index (χ1n) is 7.81. The molecule has 3 rings (SSSR count). The van der Waals surface area contributed by atoms with E-state index >= 15 is 0 Å². The molecule has 1 saturated heterocycles. The minimum atomic E-state index is -0.220. The van der Waals surface area contributed by atoms with Crippen molar-refractivity contribution in [2.75, 3.05) is 32.7 Å². The van der Waals surface area contributed by atoms with Gasteiger partial charge >= 0.3 is 0 Å². The van der Waals surface area contributed by atoms with Crippen LogP contribution in [0, 0.1) is 0 Å². The van der Waals surface area contributed by atoms with Gasteiger partial charge in [0.15, 0.2) is 5.69 Å². The molecule has 0 atom stereocenters. The first kappa shape index (κ1) is 15.6. The van der Waals surface area contributed by atoms with Gasteiger partial charge < -0.3 is 10.6 Å². The highest BCUT2D eigenvalue weighted by atomic mass is 16.2. The highest BCUT2D eigenvalue weighted by molar-refractivity contribution is 5.91. The number of rotatable bonds is 6. The van der Waals surface area contributed by atoms with E-state index in [9.17, 15) is 4.79 Å². The maximum atomic E-state index is 12.1. The Labute approximate surface area is 134 Å². The lowest BCUT2D eigenvalue weighted by atomic mass is 10.3. The summed E-state index contributed by atoms with van der Waals surface area (Å²) < 4.78 is 1.72. The van der Waals surface area contributed by atoms with Crippen LogP contribution in [0.2, 0.25) is 0 Å². The molecular formula is C15H21N7O. The third-order valence-electron chi connectivity index (χ3n) is 3.80. The molecule has 2 aromatic heterocycles. The van der Waals surface area contributed by atoms with Gasteiger partial charge in [0.1, 0.15) is 0 Å². The third-order valence-corrected chi connectivity index (χ3v) is 3.80. The van der Waals surface area contributed by atoms with Crippen molar-refractivity contribution in [3.8, 4) is 0 Å². The van der Waals surface area contributed by atoms with Crippen molar-refractivity contribution in [2.45, 2.75) is 13.1 Å². The third kappa shape index (κ3) is 4.57. The summed E-state index contributed by atoms with van der Waals surface area (Å²) in [4.78, 5) is 18.5. The summed E-state index contributed by atoms with van der Waals surface area (Å²) in [6, 6.07) is 3.76. The Hall–Kier alpha value is -2.32. The lowest BCUT2D eigenvalue weighted by molar-refractivity contribution is 0.0946. The van der Waals surface area contributed by atoms with Gasteiger partial charge in [0.2, 0.25) is 0 Å². The Bertz CT molecular complexity index is 622. The van der Waals surface area contributed by atoms with Crippen LogP contribution in [0.15, 0.2) is 30.7 Å². The summed E-state index contributed by atoms with van der Waals surface area (Å²) in [6.45, 7) is 6.24. The van der Waals surface area contributed by atoms with E-state index in [-0.39, 0.29) is 5.91 Å². The Balaban J connectivity index is 1.47. The van der Waals surface area contributed by atoms with Crippen molar-refractivity contribution in [3.63, 3.8) is 0 Å². The normalized spacial score (nSPS) is 15.5. The van der Waals surface area contributed by atoms with E-state index in [0.717, 1.165) is 44.8 Å². The van der Waals surface area contributed by atoms with Gasteiger partial charge in [0.25, 0.3) is 5.91 Å². The van der Waals surface area contributed by atoms with E-state index in [0.29, 0.717) is 12.2 Å². The molecule has 0 bridgehead atoms. The molecule has 0 unspecified atom stereocenters. The first-order chi connectivity index (χ1) is 11.3. The van der Waals surface area contributed by atoms with E-state index in [4.69, 9.17) is 0 Å². The van der Waals surface area contributed by atoms with Crippen molar-refractivity contribution < 1.29 is 4.79 Å². The van der Waals surface area contributed by atoms with Crippen LogP contribution in [0.5, 0.6) is 0 Å². The Morgan fingerprint density at radius 2 is 2.17 bits per heavy atom. The highest BCUT2D eigenvalue weighted by Gasteiger charge is 2.12. The fourth-order valence-electron chi connectivity index (χ4n) is 2.47. The van der Waals surface area contributed by atoms with Crippen LogP contribution in [-0.4, -0.2) is 63.5 Å². The lowest BCUT2D eigenvalue weighted by Gasteiger charge is -2.26. The molecule has 23 heavy (non-hydrogen) atoms. The standard InChI is InChI=1S/C15H21N7O/c23-15(18-11-13-2-1-3-17-10-13)14-12-22(20-19-14)9-8-21-6-4-16-5-7-21/h1-3,10,12,16H,4-9,11H2,(H,18,23). The minimum Gasteiger partial charge on any atom is -0.346 e. The summed E-state index contributed by atoms with van der Waals surface area (Å²) >= 11 is 0. The molecule has 3 heterocycles. The van der Waals surface area contributed by atoms with Gasteiger partial charge in [-0.3, -0.25) is 19.4 Å². The monoisotopic (exact) mass is 315 g/mol. The van der Waals surface area contributed by atoms with Gasteiger partial charge in [0, 0.05) is 51.7 Å². The van der Waals surface area contributed by atoms with E-state index in [2.05, 4.69) is 30.8 Å². The smallest absolute Gasteiger partial charge is 0.273 e. The molecule has 122 valence electrons. The van der Waals surface area contributed by atoms with Gasteiger partial charge in [-0.15, -0.1) is 5.10 Å². The summed E-state index contributed by atoms with van der Waals surface area (Å²) in [5, 5.41) is 14.1. The summed E-state index contributed by atoms with van der Waals surface area (Å²) in [5.41, 5.74) is 1.29. The number of piperazine rings is 1. The number of aromatic nitrogens is 4. The number of carbonyl (C=O) groups excluding carboxylic acids is 1.